The third kappa shape index (κ3) is 13.0. The number of hydrogen-bond donors (Lipinski definition) is 9. The normalized spacial score (nSPS) is 17.1. The van der Waals surface area contributed by atoms with Crippen molar-refractivity contribution in [3.05, 3.63) is 29.8 Å². The Hall–Kier alpha value is -5.26. The number of primary amides is 1. The number of aromatic hydroxyl groups is 1. The van der Waals surface area contributed by atoms with Gasteiger partial charge in [0.25, 0.3) is 0 Å². The number of likely N-dealkylation sites (tertiary alicyclic amines) is 1. The molecule has 0 unspecified atom stereocenters. The van der Waals surface area contributed by atoms with Gasteiger partial charge in [-0.05, 0) is 56.2 Å². The maximum atomic E-state index is 13.7. The Bertz CT molecular complexity index is 1420. The fourth-order valence-electron chi connectivity index (χ4n) is 5.37. The Morgan fingerprint density at radius 1 is 0.840 bits per heavy atom. The number of rotatable bonds is 19. The largest absolute Gasteiger partial charge is 0.508 e. The Labute approximate surface area is 288 Å². The predicted octanol–water partition coefficient (Wildman–Crippen LogP) is -1.92. The summed E-state index contributed by atoms with van der Waals surface area (Å²) in [6.07, 6.45) is -1.04. The fourth-order valence-corrected chi connectivity index (χ4v) is 5.37. The second-order valence-electron chi connectivity index (χ2n) is 12.6. The Morgan fingerprint density at radius 3 is 2.00 bits per heavy atom. The van der Waals surface area contributed by atoms with Crippen LogP contribution >= 0.6 is 0 Å². The zero-order valence-corrected chi connectivity index (χ0v) is 28.2. The predicted molar refractivity (Wildman–Crippen MR) is 176 cm³/mol. The number of amides is 6. The lowest BCUT2D eigenvalue weighted by Crippen LogP contribution is -2.59. The number of benzene rings is 1. The molecule has 50 heavy (non-hydrogen) atoms. The van der Waals surface area contributed by atoms with E-state index >= 15 is 0 Å². The molecule has 6 amide bonds. The molecule has 1 aliphatic rings. The summed E-state index contributed by atoms with van der Waals surface area (Å²) >= 11 is 0. The van der Waals surface area contributed by atoms with E-state index in [0.717, 1.165) is 0 Å². The first-order valence-electron chi connectivity index (χ1n) is 16.2. The molecule has 1 aliphatic heterocycles. The molecular weight excluding hydrogens is 658 g/mol. The highest BCUT2D eigenvalue weighted by Gasteiger charge is 2.38. The SMILES string of the molecule is CC(C)C[C@H](N)C(=O)N[C@@H](C)C(=O)N1CCC[C@H]1C(=O)N[C@@H](Cc1ccc(O)cc1)C(=O)N[C@@H](CCC(=O)O)C(=O)N[C@@H](CC(=O)O)C(N)=O. The van der Waals surface area contributed by atoms with Gasteiger partial charge in [0.1, 0.15) is 36.0 Å². The monoisotopic (exact) mass is 705 g/mol. The number of carbonyl (C=O) groups is 8. The van der Waals surface area contributed by atoms with Crippen LogP contribution in [-0.4, -0.2) is 110 Å². The van der Waals surface area contributed by atoms with Gasteiger partial charge in [0.15, 0.2) is 0 Å². The van der Waals surface area contributed by atoms with Gasteiger partial charge in [-0.25, -0.2) is 0 Å². The number of carboxylic acids is 2. The zero-order valence-electron chi connectivity index (χ0n) is 28.2. The number of carbonyl (C=O) groups excluding carboxylic acids is 6. The van der Waals surface area contributed by atoms with Gasteiger partial charge < -0.3 is 53.0 Å². The summed E-state index contributed by atoms with van der Waals surface area (Å²) in [6.45, 7) is 5.46. The number of carboxylic acid groups (broad SMARTS) is 2. The molecule has 276 valence electrons. The van der Waals surface area contributed by atoms with E-state index in [2.05, 4.69) is 21.3 Å². The summed E-state index contributed by atoms with van der Waals surface area (Å²) in [6, 6.07) is -1.86. The molecule has 2 rings (SSSR count). The average molecular weight is 706 g/mol. The topological polar surface area (TPSA) is 301 Å². The molecule has 1 aromatic rings. The summed E-state index contributed by atoms with van der Waals surface area (Å²) in [5.74, 6) is -7.68. The molecule has 1 saturated heterocycles. The summed E-state index contributed by atoms with van der Waals surface area (Å²) in [7, 11) is 0. The molecule has 1 heterocycles. The van der Waals surface area contributed by atoms with Gasteiger partial charge in [-0.3, -0.25) is 38.4 Å². The van der Waals surface area contributed by atoms with Crippen LogP contribution in [0.15, 0.2) is 24.3 Å². The van der Waals surface area contributed by atoms with Crippen molar-refractivity contribution in [1.82, 2.24) is 26.2 Å². The van der Waals surface area contributed by atoms with Gasteiger partial charge in [-0.2, -0.15) is 0 Å². The molecule has 0 bridgehead atoms. The van der Waals surface area contributed by atoms with Gasteiger partial charge in [-0.1, -0.05) is 26.0 Å². The van der Waals surface area contributed by atoms with Gasteiger partial charge in [-0.15, -0.1) is 0 Å². The number of nitrogens with zero attached hydrogens (tertiary/aromatic N) is 1. The van der Waals surface area contributed by atoms with E-state index in [1.807, 2.05) is 13.8 Å². The van der Waals surface area contributed by atoms with Crippen molar-refractivity contribution >= 4 is 47.4 Å². The highest BCUT2D eigenvalue weighted by molar-refractivity contribution is 5.97. The van der Waals surface area contributed by atoms with Crippen molar-refractivity contribution in [2.45, 2.75) is 102 Å². The zero-order chi connectivity index (χ0) is 37.7. The smallest absolute Gasteiger partial charge is 0.305 e. The average Bonchev–Trinajstić information content (AvgIpc) is 3.52. The van der Waals surface area contributed by atoms with E-state index in [0.29, 0.717) is 18.4 Å². The van der Waals surface area contributed by atoms with Crippen LogP contribution in [0.2, 0.25) is 0 Å². The summed E-state index contributed by atoms with van der Waals surface area (Å²) in [5.41, 5.74) is 11.6. The number of nitrogens with two attached hydrogens (primary N) is 2. The molecule has 0 spiro atoms. The number of phenols is 1. The maximum absolute atomic E-state index is 13.7. The lowest BCUT2D eigenvalue weighted by atomic mass is 10.0. The molecule has 6 atom stereocenters. The van der Waals surface area contributed by atoms with Crippen molar-refractivity contribution in [3.63, 3.8) is 0 Å². The van der Waals surface area contributed by atoms with E-state index in [1.54, 1.807) is 0 Å². The number of aliphatic carboxylic acids is 2. The summed E-state index contributed by atoms with van der Waals surface area (Å²) in [4.78, 5) is 102. The van der Waals surface area contributed by atoms with Crippen molar-refractivity contribution in [2.24, 2.45) is 17.4 Å². The van der Waals surface area contributed by atoms with Crippen molar-refractivity contribution in [3.8, 4) is 5.75 Å². The fraction of sp³-hybridized carbons (Fsp3) is 0.562. The molecule has 18 heteroatoms. The first-order valence-corrected chi connectivity index (χ1v) is 16.2. The quantitative estimate of drug-likeness (QED) is 0.0761. The van der Waals surface area contributed by atoms with Crippen LogP contribution in [0.5, 0.6) is 5.75 Å². The molecule has 0 aromatic heterocycles. The first kappa shape index (κ1) is 40.9. The third-order valence-corrected chi connectivity index (χ3v) is 7.96. The van der Waals surface area contributed by atoms with Crippen LogP contribution in [0.4, 0.5) is 0 Å². The Balaban J connectivity index is 2.30. The molecule has 1 aromatic carbocycles. The van der Waals surface area contributed by atoms with Crippen molar-refractivity contribution in [2.75, 3.05) is 6.54 Å². The van der Waals surface area contributed by atoms with Crippen LogP contribution in [-0.2, 0) is 44.8 Å². The van der Waals surface area contributed by atoms with E-state index in [-0.39, 0.29) is 31.1 Å². The second-order valence-corrected chi connectivity index (χ2v) is 12.6. The molecule has 1 fully saturated rings. The van der Waals surface area contributed by atoms with Gasteiger partial charge >= 0.3 is 11.9 Å². The second kappa shape index (κ2) is 19.1. The lowest BCUT2D eigenvalue weighted by molar-refractivity contribution is -0.142. The lowest BCUT2D eigenvalue weighted by Gasteiger charge is -2.29. The number of phenolic OH excluding ortho intramolecular Hbond substituents is 1. The van der Waals surface area contributed by atoms with Crippen LogP contribution in [0.1, 0.15) is 64.9 Å². The molecule has 0 saturated carbocycles. The minimum absolute atomic E-state index is 0.0685. The maximum Gasteiger partial charge on any atom is 0.305 e. The minimum Gasteiger partial charge on any atom is -0.508 e. The number of hydrogen-bond acceptors (Lipinski definition) is 10. The van der Waals surface area contributed by atoms with Gasteiger partial charge in [0, 0.05) is 19.4 Å². The van der Waals surface area contributed by atoms with E-state index in [4.69, 9.17) is 16.6 Å². The summed E-state index contributed by atoms with van der Waals surface area (Å²) < 4.78 is 0. The van der Waals surface area contributed by atoms with E-state index in [9.17, 15) is 48.6 Å². The molecule has 0 radical (unpaired) electrons. The molecule has 0 aliphatic carbocycles. The molecule has 18 nitrogen and oxygen atoms in total. The third-order valence-electron chi connectivity index (χ3n) is 7.96. The highest BCUT2D eigenvalue weighted by atomic mass is 16.4. The first-order chi connectivity index (χ1) is 23.4. The van der Waals surface area contributed by atoms with Crippen LogP contribution in [0.25, 0.3) is 0 Å². The highest BCUT2D eigenvalue weighted by Crippen LogP contribution is 2.20. The Morgan fingerprint density at radius 2 is 1.44 bits per heavy atom. The van der Waals surface area contributed by atoms with Gasteiger partial charge in [0.05, 0.1) is 12.5 Å². The number of nitrogens with one attached hydrogen (secondary N) is 4. The van der Waals surface area contributed by atoms with Crippen molar-refractivity contribution in [1.29, 1.82) is 0 Å². The minimum atomic E-state index is -1.67. The molecular formula is C32H47N7O11. The standard InChI is InChI=1S/C32H47N7O11/c1-16(2)13-20(33)28(46)35-17(3)32(50)39-12-4-5-24(39)31(49)38-23(14-18-6-8-19(40)9-7-18)30(48)36-21(10-11-25(41)42)29(47)37-22(27(34)45)15-26(43)44/h6-9,16-17,20-24,40H,4-5,10-15,33H2,1-3H3,(H2,34,45)(H,35,46)(H,36,48)(H,37,47)(H,38,49)(H,41,42)(H,43,44)/t17-,20-,21-,22-,23-,24-/m0/s1. The van der Waals surface area contributed by atoms with E-state index in [1.165, 1.54) is 36.1 Å². The van der Waals surface area contributed by atoms with Crippen molar-refractivity contribution < 1.29 is 53.7 Å². The van der Waals surface area contributed by atoms with Gasteiger partial charge in [0.2, 0.25) is 35.4 Å². The Kier molecular flexibility index (Phi) is 15.6. The summed E-state index contributed by atoms with van der Waals surface area (Å²) in [5, 5.41) is 37.7. The van der Waals surface area contributed by atoms with Crippen LogP contribution in [0, 0.1) is 5.92 Å². The van der Waals surface area contributed by atoms with Crippen LogP contribution in [0.3, 0.4) is 0 Å². The molecule has 11 N–H and O–H groups in total. The van der Waals surface area contributed by atoms with E-state index < -0.39 is 103 Å². The van der Waals surface area contributed by atoms with Crippen LogP contribution < -0.4 is 32.7 Å².